The first-order valence-electron chi connectivity index (χ1n) is 7.43. The molecule has 9 heteroatoms. The molecule has 3 aromatic rings. The van der Waals surface area contributed by atoms with Crippen molar-refractivity contribution in [2.75, 3.05) is 10.6 Å². The molecule has 3 rings (SSSR count). The van der Waals surface area contributed by atoms with E-state index < -0.39 is 0 Å². The molecule has 0 aliphatic heterocycles. The third kappa shape index (κ3) is 4.07. The van der Waals surface area contributed by atoms with Gasteiger partial charge >= 0.3 is 0 Å². The second-order valence-electron chi connectivity index (χ2n) is 5.09. The zero-order chi connectivity index (χ0) is 18.4. The van der Waals surface area contributed by atoms with Crippen LogP contribution in [0.25, 0.3) is 5.57 Å². The third-order valence-corrected chi connectivity index (χ3v) is 3.32. The average molecular weight is 349 g/mol. The van der Waals surface area contributed by atoms with E-state index in [0.717, 1.165) is 0 Å². The van der Waals surface area contributed by atoms with E-state index in [4.69, 9.17) is 5.26 Å². The van der Waals surface area contributed by atoms with Crippen LogP contribution >= 0.6 is 0 Å². The molecule has 0 saturated heterocycles. The van der Waals surface area contributed by atoms with Gasteiger partial charge < -0.3 is 10.6 Å². The van der Waals surface area contributed by atoms with Gasteiger partial charge in [0, 0.05) is 23.1 Å². The second kappa shape index (κ2) is 7.67. The van der Waals surface area contributed by atoms with Crippen molar-refractivity contribution in [1.29, 1.82) is 5.26 Å². The highest BCUT2D eigenvalue weighted by atomic mass is 19.1. The summed E-state index contributed by atoms with van der Waals surface area (Å²) in [7, 11) is 0. The van der Waals surface area contributed by atoms with Crippen LogP contribution in [0.5, 0.6) is 0 Å². The normalized spacial score (nSPS) is 10.8. The summed E-state index contributed by atoms with van der Waals surface area (Å²) < 4.78 is 12.9. The number of aromatic amines is 1. The number of nitriles is 1. The first kappa shape index (κ1) is 16.8. The van der Waals surface area contributed by atoms with Gasteiger partial charge in [0.25, 0.3) is 5.91 Å². The van der Waals surface area contributed by atoms with Gasteiger partial charge in [0.1, 0.15) is 17.5 Å². The first-order valence-corrected chi connectivity index (χ1v) is 7.43. The molecular formula is C17H12FN7O. The van der Waals surface area contributed by atoms with E-state index in [-0.39, 0.29) is 23.1 Å². The number of nitrogens with one attached hydrogen (secondary N) is 3. The zero-order valence-corrected chi connectivity index (χ0v) is 13.3. The van der Waals surface area contributed by atoms with Crippen LogP contribution in [-0.4, -0.2) is 26.5 Å². The lowest BCUT2D eigenvalue weighted by molar-refractivity contribution is 0.102. The maximum atomic E-state index is 12.9. The molecule has 1 amide bonds. The van der Waals surface area contributed by atoms with E-state index in [0.29, 0.717) is 16.9 Å². The minimum atomic E-state index is -0.379. The lowest BCUT2D eigenvalue weighted by Crippen LogP contribution is -2.12. The van der Waals surface area contributed by atoms with Crippen LogP contribution in [0, 0.1) is 17.1 Å². The van der Waals surface area contributed by atoms with Crippen molar-refractivity contribution >= 4 is 22.9 Å². The van der Waals surface area contributed by atoms with Gasteiger partial charge in [0.05, 0.1) is 0 Å². The van der Waals surface area contributed by atoms with Crippen LogP contribution < -0.4 is 10.6 Å². The van der Waals surface area contributed by atoms with Gasteiger partial charge in [-0.2, -0.15) is 10.5 Å². The number of carbonyl (C=O) groups excluding carboxylic acids is 1. The van der Waals surface area contributed by atoms with E-state index >= 15 is 0 Å². The van der Waals surface area contributed by atoms with Gasteiger partial charge in [-0.25, -0.2) is 4.39 Å². The fourth-order valence-corrected chi connectivity index (χ4v) is 2.06. The molecule has 0 fully saturated rings. The van der Waals surface area contributed by atoms with Gasteiger partial charge in [-0.1, -0.05) is 6.07 Å². The Hall–Kier alpha value is -4.06. The van der Waals surface area contributed by atoms with Crippen molar-refractivity contribution in [3.8, 4) is 6.07 Å². The lowest BCUT2D eigenvalue weighted by Gasteiger charge is -2.07. The summed E-state index contributed by atoms with van der Waals surface area (Å²) in [6, 6.07) is 14.1. The van der Waals surface area contributed by atoms with Gasteiger partial charge in [0.2, 0.25) is 5.82 Å². The van der Waals surface area contributed by atoms with Gasteiger partial charge in [-0.05, 0) is 47.7 Å². The maximum Gasteiger partial charge on any atom is 0.255 e. The highest BCUT2D eigenvalue weighted by molar-refractivity contribution is 6.04. The van der Waals surface area contributed by atoms with E-state index in [1.54, 1.807) is 24.3 Å². The van der Waals surface area contributed by atoms with Crippen LogP contribution in [0.15, 0.2) is 54.7 Å². The molecule has 0 radical (unpaired) electrons. The Kier molecular flexibility index (Phi) is 4.95. The summed E-state index contributed by atoms with van der Waals surface area (Å²) in [5, 5.41) is 27.8. The molecule has 1 heterocycles. The number of aromatic nitrogens is 4. The molecule has 8 nitrogen and oxygen atoms in total. The predicted octanol–water partition coefficient (Wildman–Crippen LogP) is 2.57. The van der Waals surface area contributed by atoms with Crippen LogP contribution in [0.4, 0.5) is 15.8 Å². The molecular weight excluding hydrogens is 337 g/mol. The number of rotatable bonds is 5. The molecule has 0 aliphatic rings. The molecule has 3 N–H and O–H groups in total. The Morgan fingerprint density at radius 3 is 2.69 bits per heavy atom. The molecule has 0 atom stereocenters. The van der Waals surface area contributed by atoms with Crippen molar-refractivity contribution in [2.24, 2.45) is 0 Å². The number of nitrogens with zero attached hydrogens (tertiary/aromatic N) is 4. The number of hydrogen-bond donors (Lipinski definition) is 3. The Balaban J connectivity index is 1.72. The van der Waals surface area contributed by atoms with Crippen LogP contribution in [0.1, 0.15) is 16.2 Å². The van der Waals surface area contributed by atoms with E-state index in [9.17, 15) is 9.18 Å². The SMILES string of the molecule is N#CC(=CNc1cccc(C(=O)Nc2ccc(F)cc2)c1)c1nn[nH]n1. The third-order valence-electron chi connectivity index (χ3n) is 3.32. The number of tetrazole rings is 1. The monoisotopic (exact) mass is 349 g/mol. The summed E-state index contributed by atoms with van der Waals surface area (Å²) in [5.74, 6) is -0.566. The molecule has 0 aliphatic carbocycles. The summed E-state index contributed by atoms with van der Waals surface area (Å²) in [4.78, 5) is 12.3. The molecule has 128 valence electrons. The number of amides is 1. The van der Waals surface area contributed by atoms with Crippen LogP contribution in [0.3, 0.4) is 0 Å². The van der Waals surface area contributed by atoms with Crippen molar-refractivity contribution < 1.29 is 9.18 Å². The van der Waals surface area contributed by atoms with E-state index in [1.165, 1.54) is 30.5 Å². The van der Waals surface area contributed by atoms with Gasteiger partial charge in [0.15, 0.2) is 0 Å². The summed E-state index contributed by atoms with van der Waals surface area (Å²) in [6.07, 6.45) is 1.42. The highest BCUT2D eigenvalue weighted by Gasteiger charge is 2.08. The van der Waals surface area contributed by atoms with Crippen molar-refractivity contribution in [3.63, 3.8) is 0 Å². The fraction of sp³-hybridized carbons (Fsp3) is 0. The number of hydrogen-bond acceptors (Lipinski definition) is 6. The average Bonchev–Trinajstić information content (AvgIpc) is 3.19. The Morgan fingerprint density at radius 1 is 1.19 bits per heavy atom. The molecule has 0 bridgehead atoms. The number of anilines is 2. The van der Waals surface area contributed by atoms with Crippen LogP contribution in [-0.2, 0) is 0 Å². The second-order valence-corrected chi connectivity index (χ2v) is 5.09. The Morgan fingerprint density at radius 2 is 2.00 bits per heavy atom. The lowest BCUT2D eigenvalue weighted by atomic mass is 10.1. The minimum absolute atomic E-state index is 0.158. The van der Waals surface area contributed by atoms with Crippen molar-refractivity contribution in [1.82, 2.24) is 20.6 Å². The quantitative estimate of drug-likeness (QED) is 0.609. The molecule has 0 unspecified atom stereocenters. The molecule has 0 saturated carbocycles. The Labute approximate surface area is 147 Å². The fourth-order valence-electron chi connectivity index (χ4n) is 2.06. The highest BCUT2D eigenvalue weighted by Crippen LogP contribution is 2.15. The number of carbonyl (C=O) groups is 1. The van der Waals surface area contributed by atoms with Crippen molar-refractivity contribution in [2.45, 2.75) is 0 Å². The number of halogens is 1. The first-order chi connectivity index (χ1) is 12.7. The summed E-state index contributed by atoms with van der Waals surface area (Å²) in [5.41, 5.74) is 1.65. The zero-order valence-electron chi connectivity index (χ0n) is 13.3. The number of benzene rings is 2. The molecule has 26 heavy (non-hydrogen) atoms. The molecule has 0 spiro atoms. The minimum Gasteiger partial charge on any atom is -0.360 e. The summed E-state index contributed by atoms with van der Waals surface area (Å²) in [6.45, 7) is 0. The Bertz CT molecular complexity index is 975. The maximum absolute atomic E-state index is 12.9. The van der Waals surface area contributed by atoms with Gasteiger partial charge in [-0.15, -0.1) is 10.2 Å². The smallest absolute Gasteiger partial charge is 0.255 e. The standard InChI is InChI=1S/C17H12FN7O/c18-13-4-6-14(7-5-13)21-17(26)11-2-1-3-15(8-11)20-10-12(9-19)16-22-24-25-23-16/h1-8,10,20H,(H,21,26)(H,22,23,24,25). The molecule has 2 aromatic carbocycles. The largest absolute Gasteiger partial charge is 0.360 e. The van der Waals surface area contributed by atoms with Gasteiger partial charge in [-0.3, -0.25) is 4.79 Å². The molecule has 1 aromatic heterocycles. The van der Waals surface area contributed by atoms with Crippen LogP contribution in [0.2, 0.25) is 0 Å². The number of allylic oxidation sites excluding steroid dienone is 1. The number of H-pyrrole nitrogens is 1. The van der Waals surface area contributed by atoms with Crippen molar-refractivity contribution in [3.05, 3.63) is 71.9 Å². The topological polar surface area (TPSA) is 119 Å². The van der Waals surface area contributed by atoms with E-state index in [2.05, 4.69) is 31.3 Å². The van der Waals surface area contributed by atoms with E-state index in [1.807, 2.05) is 6.07 Å². The predicted molar refractivity (Wildman–Crippen MR) is 92.2 cm³/mol. The summed E-state index contributed by atoms with van der Waals surface area (Å²) >= 11 is 0.